The van der Waals surface area contributed by atoms with Crippen molar-refractivity contribution in [3.05, 3.63) is 0 Å². The van der Waals surface area contributed by atoms with Gasteiger partial charge in [-0.15, -0.1) is 0 Å². The standard InChI is InChI=1S/C15H29N3O2/c1-4-5-7-12(10-16)17-15(20)14(11(2)3)18-9-6-8-13(18)19/h11-12,14H,4-10,16H2,1-3H3,(H,17,20). The highest BCUT2D eigenvalue weighted by atomic mass is 16.2. The molecule has 0 radical (unpaired) electrons. The van der Waals surface area contributed by atoms with Gasteiger partial charge in [0.2, 0.25) is 11.8 Å². The number of nitrogens with two attached hydrogens (primary N) is 1. The molecule has 116 valence electrons. The van der Waals surface area contributed by atoms with Crippen molar-refractivity contribution < 1.29 is 9.59 Å². The zero-order chi connectivity index (χ0) is 15.1. The molecule has 3 N–H and O–H groups in total. The van der Waals surface area contributed by atoms with Crippen LogP contribution in [-0.2, 0) is 9.59 Å². The van der Waals surface area contributed by atoms with E-state index in [9.17, 15) is 9.59 Å². The summed E-state index contributed by atoms with van der Waals surface area (Å²) in [5, 5.41) is 3.02. The molecule has 0 aromatic heterocycles. The second-order valence-electron chi connectivity index (χ2n) is 5.96. The van der Waals surface area contributed by atoms with E-state index < -0.39 is 0 Å². The molecule has 1 heterocycles. The molecule has 0 spiro atoms. The van der Waals surface area contributed by atoms with E-state index in [1.165, 1.54) is 0 Å². The molecule has 1 aliphatic heterocycles. The Kier molecular flexibility index (Phi) is 6.99. The fourth-order valence-corrected chi connectivity index (χ4v) is 2.75. The third-order valence-corrected chi connectivity index (χ3v) is 3.88. The highest BCUT2D eigenvalue weighted by Crippen LogP contribution is 2.19. The second kappa shape index (κ2) is 8.25. The Balaban J connectivity index is 2.66. The summed E-state index contributed by atoms with van der Waals surface area (Å²) in [7, 11) is 0. The summed E-state index contributed by atoms with van der Waals surface area (Å²) < 4.78 is 0. The highest BCUT2D eigenvalue weighted by Gasteiger charge is 2.35. The van der Waals surface area contributed by atoms with Gasteiger partial charge in [-0.1, -0.05) is 33.6 Å². The molecule has 5 nitrogen and oxygen atoms in total. The van der Waals surface area contributed by atoms with E-state index >= 15 is 0 Å². The molecule has 2 atom stereocenters. The van der Waals surface area contributed by atoms with Gasteiger partial charge in [-0.3, -0.25) is 9.59 Å². The third kappa shape index (κ3) is 4.47. The Morgan fingerprint density at radius 3 is 2.60 bits per heavy atom. The number of amides is 2. The van der Waals surface area contributed by atoms with Crippen LogP contribution in [0.1, 0.15) is 52.9 Å². The van der Waals surface area contributed by atoms with E-state index in [2.05, 4.69) is 12.2 Å². The molecule has 1 saturated heterocycles. The van der Waals surface area contributed by atoms with Crippen molar-refractivity contribution >= 4 is 11.8 Å². The molecule has 0 aliphatic carbocycles. The lowest BCUT2D eigenvalue weighted by molar-refractivity contribution is -0.139. The number of likely N-dealkylation sites (tertiary alicyclic amines) is 1. The van der Waals surface area contributed by atoms with Crippen molar-refractivity contribution in [1.29, 1.82) is 0 Å². The van der Waals surface area contributed by atoms with Crippen molar-refractivity contribution in [3.8, 4) is 0 Å². The van der Waals surface area contributed by atoms with Gasteiger partial charge in [0.1, 0.15) is 6.04 Å². The van der Waals surface area contributed by atoms with E-state index in [0.717, 1.165) is 25.7 Å². The summed E-state index contributed by atoms with van der Waals surface area (Å²) in [4.78, 5) is 26.1. The van der Waals surface area contributed by atoms with Gasteiger partial charge in [-0.05, 0) is 18.8 Å². The molecular formula is C15H29N3O2. The maximum Gasteiger partial charge on any atom is 0.243 e. The summed E-state index contributed by atoms with van der Waals surface area (Å²) in [6, 6.07) is -0.345. The lowest BCUT2D eigenvalue weighted by Crippen LogP contribution is -2.53. The molecule has 1 rings (SSSR count). The molecule has 0 saturated carbocycles. The second-order valence-corrected chi connectivity index (χ2v) is 5.96. The number of hydrogen-bond acceptors (Lipinski definition) is 3. The van der Waals surface area contributed by atoms with E-state index in [-0.39, 0.29) is 29.8 Å². The molecule has 0 bridgehead atoms. The maximum atomic E-state index is 12.5. The molecule has 0 aromatic carbocycles. The minimum Gasteiger partial charge on any atom is -0.350 e. The molecule has 5 heteroatoms. The fourth-order valence-electron chi connectivity index (χ4n) is 2.75. The Hall–Kier alpha value is -1.10. The number of nitrogens with zero attached hydrogens (tertiary/aromatic N) is 1. The molecule has 2 unspecified atom stereocenters. The average Bonchev–Trinajstić information content (AvgIpc) is 2.80. The Morgan fingerprint density at radius 1 is 1.45 bits per heavy atom. The van der Waals surface area contributed by atoms with Gasteiger partial charge in [0.25, 0.3) is 0 Å². The van der Waals surface area contributed by atoms with Crippen LogP contribution in [0.25, 0.3) is 0 Å². The Bertz CT molecular complexity index is 331. The van der Waals surface area contributed by atoms with E-state index in [4.69, 9.17) is 5.73 Å². The van der Waals surface area contributed by atoms with Gasteiger partial charge in [-0.25, -0.2) is 0 Å². The predicted octanol–water partition coefficient (Wildman–Crippen LogP) is 1.27. The van der Waals surface area contributed by atoms with Gasteiger partial charge in [-0.2, -0.15) is 0 Å². The average molecular weight is 283 g/mol. The SMILES string of the molecule is CCCCC(CN)NC(=O)C(C(C)C)N1CCCC1=O. The summed E-state index contributed by atoms with van der Waals surface area (Å²) in [5.41, 5.74) is 5.72. The minimum absolute atomic E-state index is 0.0152. The summed E-state index contributed by atoms with van der Waals surface area (Å²) >= 11 is 0. The van der Waals surface area contributed by atoms with Crippen LogP contribution in [0.5, 0.6) is 0 Å². The first kappa shape index (κ1) is 17.0. The highest BCUT2D eigenvalue weighted by molar-refractivity contribution is 5.89. The number of nitrogens with one attached hydrogen (secondary N) is 1. The van der Waals surface area contributed by atoms with Crippen LogP contribution in [-0.4, -0.2) is 41.9 Å². The van der Waals surface area contributed by atoms with Crippen molar-refractivity contribution in [2.75, 3.05) is 13.1 Å². The van der Waals surface area contributed by atoms with E-state index in [0.29, 0.717) is 19.5 Å². The molecular weight excluding hydrogens is 254 g/mol. The lowest BCUT2D eigenvalue weighted by atomic mass is 10.0. The monoisotopic (exact) mass is 283 g/mol. The topological polar surface area (TPSA) is 75.4 Å². The zero-order valence-corrected chi connectivity index (χ0v) is 13.0. The van der Waals surface area contributed by atoms with Crippen molar-refractivity contribution in [1.82, 2.24) is 10.2 Å². The summed E-state index contributed by atoms with van der Waals surface area (Å²) in [6.07, 6.45) is 4.46. The normalized spacial score (nSPS) is 18.4. The molecule has 20 heavy (non-hydrogen) atoms. The molecule has 1 aliphatic rings. The summed E-state index contributed by atoms with van der Waals surface area (Å²) in [5.74, 6) is 0.153. The number of unbranched alkanes of at least 4 members (excludes halogenated alkanes) is 1. The lowest BCUT2D eigenvalue weighted by Gasteiger charge is -2.31. The van der Waals surface area contributed by atoms with Crippen molar-refractivity contribution in [2.45, 2.75) is 65.0 Å². The smallest absolute Gasteiger partial charge is 0.243 e. The molecule has 2 amide bonds. The van der Waals surface area contributed by atoms with Crippen LogP contribution in [0, 0.1) is 5.92 Å². The van der Waals surface area contributed by atoms with Gasteiger partial charge < -0.3 is 16.0 Å². The van der Waals surface area contributed by atoms with Crippen LogP contribution in [0.15, 0.2) is 0 Å². The Labute approximate surface area is 122 Å². The number of carbonyl (C=O) groups excluding carboxylic acids is 2. The van der Waals surface area contributed by atoms with Gasteiger partial charge in [0.05, 0.1) is 0 Å². The predicted molar refractivity (Wildman–Crippen MR) is 80.1 cm³/mol. The summed E-state index contributed by atoms with van der Waals surface area (Å²) in [6.45, 7) is 7.23. The van der Waals surface area contributed by atoms with Gasteiger partial charge in [0.15, 0.2) is 0 Å². The van der Waals surface area contributed by atoms with Gasteiger partial charge >= 0.3 is 0 Å². The van der Waals surface area contributed by atoms with Crippen LogP contribution in [0.3, 0.4) is 0 Å². The number of carbonyl (C=O) groups is 2. The largest absolute Gasteiger partial charge is 0.350 e. The van der Waals surface area contributed by atoms with Crippen LogP contribution >= 0.6 is 0 Å². The van der Waals surface area contributed by atoms with Crippen molar-refractivity contribution in [3.63, 3.8) is 0 Å². The molecule has 1 fully saturated rings. The van der Waals surface area contributed by atoms with Crippen LogP contribution in [0.2, 0.25) is 0 Å². The quantitative estimate of drug-likeness (QED) is 0.704. The molecule has 0 aromatic rings. The van der Waals surface area contributed by atoms with Crippen molar-refractivity contribution in [2.24, 2.45) is 11.7 Å². The zero-order valence-electron chi connectivity index (χ0n) is 13.0. The third-order valence-electron chi connectivity index (χ3n) is 3.88. The first-order valence-corrected chi connectivity index (χ1v) is 7.81. The first-order valence-electron chi connectivity index (χ1n) is 7.81. The van der Waals surface area contributed by atoms with Crippen LogP contribution in [0.4, 0.5) is 0 Å². The van der Waals surface area contributed by atoms with Crippen LogP contribution < -0.4 is 11.1 Å². The van der Waals surface area contributed by atoms with E-state index in [1.54, 1.807) is 4.90 Å². The number of rotatable bonds is 8. The fraction of sp³-hybridized carbons (Fsp3) is 0.867. The Morgan fingerprint density at radius 2 is 2.15 bits per heavy atom. The maximum absolute atomic E-state index is 12.5. The van der Waals surface area contributed by atoms with Gasteiger partial charge in [0, 0.05) is 25.6 Å². The minimum atomic E-state index is -0.360. The van der Waals surface area contributed by atoms with E-state index in [1.807, 2.05) is 13.8 Å². The first-order chi connectivity index (χ1) is 9.51. The number of hydrogen-bond donors (Lipinski definition) is 2.